The zero-order valence-corrected chi connectivity index (χ0v) is 13.4. The van der Waals surface area contributed by atoms with Crippen LogP contribution in [0, 0.1) is 0 Å². The number of aromatic nitrogens is 1. The van der Waals surface area contributed by atoms with Crippen LogP contribution in [0.1, 0.15) is 15.9 Å². The maximum absolute atomic E-state index is 12.6. The van der Waals surface area contributed by atoms with E-state index < -0.39 is 12.8 Å². The van der Waals surface area contributed by atoms with E-state index in [0.717, 1.165) is 5.56 Å². The van der Waals surface area contributed by atoms with Gasteiger partial charge in [0.25, 0.3) is 0 Å². The number of rotatable bonds is 6. The molecule has 2 heterocycles. The van der Waals surface area contributed by atoms with Gasteiger partial charge in [-0.1, -0.05) is 12.1 Å². The molecule has 0 bridgehead atoms. The minimum absolute atomic E-state index is 0.196. The predicted molar refractivity (Wildman–Crippen MR) is 89.0 cm³/mol. The number of benzene rings is 1. The van der Waals surface area contributed by atoms with E-state index in [1.165, 1.54) is 23.2 Å². The van der Waals surface area contributed by atoms with Crippen molar-refractivity contribution < 1.29 is 18.7 Å². The summed E-state index contributed by atoms with van der Waals surface area (Å²) in [6.45, 7) is 0.540. The van der Waals surface area contributed by atoms with Gasteiger partial charge in [0.1, 0.15) is 11.6 Å². The highest BCUT2D eigenvalue weighted by molar-refractivity contribution is 5.96. The van der Waals surface area contributed by atoms with Crippen LogP contribution in [-0.4, -0.2) is 41.8 Å². The molecule has 0 aliphatic carbocycles. The SMILES string of the molecule is NC(=O)c1ccnc(N2CCN(Cc3ccc(OCF)cc3)C2=O)c1. The van der Waals surface area contributed by atoms with E-state index in [-0.39, 0.29) is 6.03 Å². The minimum Gasteiger partial charge on any atom is -0.463 e. The van der Waals surface area contributed by atoms with Crippen LogP contribution in [0.15, 0.2) is 42.6 Å². The van der Waals surface area contributed by atoms with Gasteiger partial charge in [0.05, 0.1) is 0 Å². The van der Waals surface area contributed by atoms with Gasteiger partial charge in [-0.2, -0.15) is 0 Å². The highest BCUT2D eigenvalue weighted by Gasteiger charge is 2.30. The van der Waals surface area contributed by atoms with E-state index in [1.807, 2.05) is 0 Å². The minimum atomic E-state index is -0.879. The van der Waals surface area contributed by atoms with Crippen molar-refractivity contribution in [2.75, 3.05) is 24.9 Å². The molecule has 1 aromatic carbocycles. The second-order valence-corrected chi connectivity index (χ2v) is 5.52. The lowest BCUT2D eigenvalue weighted by molar-refractivity contribution is 0.1000. The molecule has 1 aliphatic heterocycles. The van der Waals surface area contributed by atoms with E-state index in [0.29, 0.717) is 36.8 Å². The van der Waals surface area contributed by atoms with E-state index in [9.17, 15) is 14.0 Å². The van der Waals surface area contributed by atoms with Crippen LogP contribution < -0.4 is 15.4 Å². The number of alkyl halides is 1. The fourth-order valence-electron chi connectivity index (χ4n) is 2.64. The number of pyridine rings is 1. The molecule has 1 fully saturated rings. The number of primary amides is 1. The standard InChI is InChI=1S/C17H17FN4O3/c18-11-25-14-3-1-12(2-4-14)10-21-7-8-22(17(21)24)15-9-13(16(19)23)5-6-20-15/h1-6,9H,7-8,10-11H2,(H2,19,23). The van der Waals surface area contributed by atoms with E-state index in [1.54, 1.807) is 29.2 Å². The number of carbonyl (C=O) groups is 2. The molecule has 0 saturated carbocycles. The zero-order valence-electron chi connectivity index (χ0n) is 13.4. The summed E-state index contributed by atoms with van der Waals surface area (Å²) >= 11 is 0. The molecular formula is C17H17FN4O3. The Morgan fingerprint density at radius 2 is 2.00 bits per heavy atom. The number of nitrogens with two attached hydrogens (primary N) is 1. The van der Waals surface area contributed by atoms with Crippen LogP contribution in [0.5, 0.6) is 5.75 Å². The van der Waals surface area contributed by atoms with Crippen molar-refractivity contribution in [1.29, 1.82) is 0 Å². The number of amides is 3. The van der Waals surface area contributed by atoms with Gasteiger partial charge in [-0.15, -0.1) is 0 Å². The van der Waals surface area contributed by atoms with Crippen LogP contribution in [0.4, 0.5) is 15.0 Å². The molecule has 1 saturated heterocycles. The van der Waals surface area contributed by atoms with E-state index in [4.69, 9.17) is 10.5 Å². The summed E-state index contributed by atoms with van der Waals surface area (Å²) in [6.07, 6.45) is 1.45. The lowest BCUT2D eigenvalue weighted by Gasteiger charge is -2.18. The Bertz CT molecular complexity index is 782. The lowest BCUT2D eigenvalue weighted by Crippen LogP contribution is -2.32. The monoisotopic (exact) mass is 344 g/mol. The van der Waals surface area contributed by atoms with Crippen LogP contribution in [0.3, 0.4) is 0 Å². The highest BCUT2D eigenvalue weighted by Crippen LogP contribution is 2.21. The molecule has 0 spiro atoms. The Kier molecular flexibility index (Phi) is 4.78. The number of hydrogen-bond donors (Lipinski definition) is 1. The normalized spacial score (nSPS) is 14.0. The first-order valence-electron chi connectivity index (χ1n) is 7.68. The van der Waals surface area contributed by atoms with Crippen molar-refractivity contribution in [1.82, 2.24) is 9.88 Å². The molecule has 1 aromatic heterocycles. The van der Waals surface area contributed by atoms with Gasteiger partial charge in [0, 0.05) is 31.4 Å². The summed E-state index contributed by atoms with van der Waals surface area (Å²) in [5, 5.41) is 0. The first-order valence-corrected chi connectivity index (χ1v) is 7.68. The van der Waals surface area contributed by atoms with Crippen molar-refractivity contribution >= 4 is 17.8 Å². The molecule has 8 heteroatoms. The zero-order chi connectivity index (χ0) is 17.8. The van der Waals surface area contributed by atoms with Crippen molar-refractivity contribution in [2.24, 2.45) is 5.73 Å². The van der Waals surface area contributed by atoms with Crippen LogP contribution in [0.25, 0.3) is 0 Å². The molecule has 2 N–H and O–H groups in total. The number of carbonyl (C=O) groups excluding carboxylic acids is 2. The number of hydrogen-bond acceptors (Lipinski definition) is 4. The molecule has 3 rings (SSSR count). The average Bonchev–Trinajstić information content (AvgIpc) is 2.98. The maximum Gasteiger partial charge on any atom is 0.326 e. The molecule has 2 aromatic rings. The molecule has 1 aliphatic rings. The molecule has 0 unspecified atom stereocenters. The Labute approximate surface area is 143 Å². The number of nitrogens with zero attached hydrogens (tertiary/aromatic N) is 3. The van der Waals surface area contributed by atoms with Crippen LogP contribution in [0.2, 0.25) is 0 Å². The molecule has 130 valence electrons. The average molecular weight is 344 g/mol. The fraction of sp³-hybridized carbons (Fsp3) is 0.235. The summed E-state index contributed by atoms with van der Waals surface area (Å²) in [5.74, 6) is 0.270. The topological polar surface area (TPSA) is 88.8 Å². The van der Waals surface area contributed by atoms with E-state index >= 15 is 0 Å². The van der Waals surface area contributed by atoms with Crippen LogP contribution >= 0.6 is 0 Å². The van der Waals surface area contributed by atoms with Gasteiger partial charge < -0.3 is 15.4 Å². The van der Waals surface area contributed by atoms with E-state index in [2.05, 4.69) is 4.98 Å². The Balaban J connectivity index is 1.69. The first-order chi connectivity index (χ1) is 12.1. The smallest absolute Gasteiger partial charge is 0.326 e. The third kappa shape index (κ3) is 3.68. The molecule has 25 heavy (non-hydrogen) atoms. The number of halogens is 1. The second kappa shape index (κ2) is 7.16. The number of urea groups is 1. The third-order valence-electron chi connectivity index (χ3n) is 3.92. The fourth-order valence-corrected chi connectivity index (χ4v) is 2.64. The Hall–Kier alpha value is -3.16. The van der Waals surface area contributed by atoms with Crippen molar-refractivity contribution in [2.45, 2.75) is 6.54 Å². The van der Waals surface area contributed by atoms with Crippen molar-refractivity contribution in [3.8, 4) is 5.75 Å². The summed E-state index contributed by atoms with van der Waals surface area (Å²) in [7, 11) is 0. The summed E-state index contributed by atoms with van der Waals surface area (Å²) in [4.78, 5) is 31.2. The lowest BCUT2D eigenvalue weighted by atomic mass is 10.2. The molecular weight excluding hydrogens is 327 g/mol. The highest BCUT2D eigenvalue weighted by atomic mass is 19.1. The molecule has 3 amide bonds. The molecule has 0 radical (unpaired) electrons. The predicted octanol–water partition coefficient (Wildman–Crippen LogP) is 1.93. The van der Waals surface area contributed by atoms with Crippen molar-refractivity contribution in [3.63, 3.8) is 0 Å². The van der Waals surface area contributed by atoms with Crippen molar-refractivity contribution in [3.05, 3.63) is 53.7 Å². The summed E-state index contributed by atoms with van der Waals surface area (Å²) < 4.78 is 16.9. The largest absolute Gasteiger partial charge is 0.463 e. The Morgan fingerprint density at radius 3 is 2.68 bits per heavy atom. The van der Waals surface area contributed by atoms with Gasteiger partial charge in [-0.3, -0.25) is 9.69 Å². The van der Waals surface area contributed by atoms with Crippen LogP contribution in [-0.2, 0) is 6.54 Å². The maximum atomic E-state index is 12.6. The Morgan fingerprint density at radius 1 is 1.24 bits per heavy atom. The quantitative estimate of drug-likeness (QED) is 0.867. The number of ether oxygens (including phenoxy) is 1. The van der Waals surface area contributed by atoms with Gasteiger partial charge in [-0.05, 0) is 29.8 Å². The summed E-state index contributed by atoms with van der Waals surface area (Å²) in [5.41, 5.74) is 6.47. The third-order valence-corrected chi connectivity index (χ3v) is 3.92. The summed E-state index contributed by atoms with van der Waals surface area (Å²) in [6, 6.07) is 9.70. The van der Waals surface area contributed by atoms with Gasteiger partial charge in [0.15, 0.2) is 0 Å². The van der Waals surface area contributed by atoms with Gasteiger partial charge in [-0.25, -0.2) is 14.2 Å². The van der Waals surface area contributed by atoms with Gasteiger partial charge in [0.2, 0.25) is 12.8 Å². The first kappa shape index (κ1) is 16.7. The second-order valence-electron chi connectivity index (χ2n) is 5.52. The number of anilines is 1. The molecule has 0 atom stereocenters. The molecule has 7 nitrogen and oxygen atoms in total. The van der Waals surface area contributed by atoms with Gasteiger partial charge >= 0.3 is 6.03 Å².